The molecule has 0 fully saturated rings. The Balaban J connectivity index is 2.18. The molecule has 1 aromatic carbocycles. The zero-order valence-corrected chi connectivity index (χ0v) is 8.69. The number of tetrazole rings is 1. The number of amides is 1. The van der Waals surface area contributed by atoms with E-state index in [4.69, 9.17) is 0 Å². The summed E-state index contributed by atoms with van der Waals surface area (Å²) in [6.07, 6.45) is -4.47. The fraction of sp³-hybridized carbons (Fsp3) is 0.111. The van der Waals surface area contributed by atoms with Gasteiger partial charge in [-0.1, -0.05) is 6.07 Å². The molecule has 6 nitrogen and oxygen atoms in total. The van der Waals surface area contributed by atoms with Gasteiger partial charge in [0.25, 0.3) is 11.7 Å². The second-order valence-electron chi connectivity index (χ2n) is 3.27. The van der Waals surface area contributed by atoms with Crippen molar-refractivity contribution in [3.05, 3.63) is 35.7 Å². The van der Waals surface area contributed by atoms with Crippen molar-refractivity contribution in [1.82, 2.24) is 20.6 Å². The standard InChI is InChI=1S/C9H6F3N5O/c10-9(11,12)5-2-1-3-6(4-5)13-8(18)7-14-16-17-15-7/h1-4H,(H,13,18)(H,14,15,16,17). The summed E-state index contributed by atoms with van der Waals surface area (Å²) in [5.74, 6) is -1.00. The SMILES string of the molecule is O=C(Nc1cccc(C(F)(F)F)c1)c1nn[nH]n1. The number of H-pyrrole nitrogens is 1. The quantitative estimate of drug-likeness (QED) is 0.853. The molecule has 1 aromatic heterocycles. The molecule has 0 radical (unpaired) electrons. The Kier molecular flexibility index (Phi) is 2.96. The van der Waals surface area contributed by atoms with Gasteiger partial charge in [-0.2, -0.15) is 18.4 Å². The number of benzene rings is 1. The first kappa shape index (κ1) is 12.0. The Morgan fingerprint density at radius 3 is 2.72 bits per heavy atom. The normalized spacial score (nSPS) is 11.3. The first-order valence-electron chi connectivity index (χ1n) is 4.69. The molecule has 0 atom stereocenters. The van der Waals surface area contributed by atoms with Crippen LogP contribution < -0.4 is 5.32 Å². The highest BCUT2D eigenvalue weighted by atomic mass is 19.4. The van der Waals surface area contributed by atoms with Crippen LogP contribution in [0.4, 0.5) is 18.9 Å². The second kappa shape index (κ2) is 4.43. The molecule has 0 unspecified atom stereocenters. The average molecular weight is 257 g/mol. The van der Waals surface area contributed by atoms with Gasteiger partial charge in [0.05, 0.1) is 5.56 Å². The molecular formula is C9H6F3N5O. The average Bonchev–Trinajstić information content (AvgIpc) is 2.81. The van der Waals surface area contributed by atoms with E-state index in [1.165, 1.54) is 12.1 Å². The first-order chi connectivity index (χ1) is 8.47. The van der Waals surface area contributed by atoms with Gasteiger partial charge in [-0.15, -0.1) is 10.2 Å². The van der Waals surface area contributed by atoms with E-state index in [1.807, 2.05) is 0 Å². The molecule has 0 saturated carbocycles. The molecule has 1 amide bonds. The molecule has 2 N–H and O–H groups in total. The van der Waals surface area contributed by atoms with E-state index in [2.05, 4.69) is 25.9 Å². The van der Waals surface area contributed by atoms with E-state index in [9.17, 15) is 18.0 Å². The maximum Gasteiger partial charge on any atom is 0.416 e. The third kappa shape index (κ3) is 2.62. The van der Waals surface area contributed by atoms with Gasteiger partial charge in [0.1, 0.15) is 0 Å². The number of carbonyl (C=O) groups is 1. The van der Waals surface area contributed by atoms with Crippen LogP contribution in [0.5, 0.6) is 0 Å². The summed E-state index contributed by atoms with van der Waals surface area (Å²) >= 11 is 0. The summed E-state index contributed by atoms with van der Waals surface area (Å²) < 4.78 is 37.3. The van der Waals surface area contributed by atoms with Crippen LogP contribution in [0.3, 0.4) is 0 Å². The predicted octanol–water partition coefficient (Wildman–Crippen LogP) is 1.47. The van der Waals surface area contributed by atoms with Gasteiger partial charge in [0.15, 0.2) is 0 Å². The Hall–Kier alpha value is -2.45. The summed E-state index contributed by atoms with van der Waals surface area (Å²) in [6.45, 7) is 0. The Bertz CT molecular complexity index is 552. The smallest absolute Gasteiger partial charge is 0.319 e. The third-order valence-corrected chi connectivity index (χ3v) is 2.00. The predicted molar refractivity (Wildman–Crippen MR) is 53.6 cm³/mol. The number of aromatic amines is 1. The summed E-state index contributed by atoms with van der Waals surface area (Å²) in [7, 11) is 0. The van der Waals surface area contributed by atoms with Crippen molar-refractivity contribution in [3.8, 4) is 0 Å². The summed E-state index contributed by atoms with van der Waals surface area (Å²) in [5.41, 5.74) is -0.854. The van der Waals surface area contributed by atoms with E-state index in [-0.39, 0.29) is 11.5 Å². The van der Waals surface area contributed by atoms with Crippen LogP contribution in [0.25, 0.3) is 0 Å². The van der Waals surface area contributed by atoms with E-state index in [0.29, 0.717) is 0 Å². The Morgan fingerprint density at radius 1 is 1.33 bits per heavy atom. The van der Waals surface area contributed by atoms with E-state index in [0.717, 1.165) is 12.1 Å². The van der Waals surface area contributed by atoms with Crippen LogP contribution in [0, 0.1) is 0 Å². The van der Waals surface area contributed by atoms with Gasteiger partial charge in [-0.3, -0.25) is 4.79 Å². The zero-order valence-electron chi connectivity index (χ0n) is 8.69. The van der Waals surface area contributed by atoms with Crippen LogP contribution in [0.15, 0.2) is 24.3 Å². The maximum absolute atomic E-state index is 12.4. The molecular weight excluding hydrogens is 251 g/mol. The number of hydrogen-bond donors (Lipinski definition) is 2. The largest absolute Gasteiger partial charge is 0.416 e. The second-order valence-corrected chi connectivity index (χ2v) is 3.27. The molecule has 0 aliphatic heterocycles. The topological polar surface area (TPSA) is 83.6 Å². The van der Waals surface area contributed by atoms with Crippen LogP contribution in [0.1, 0.15) is 16.2 Å². The molecule has 94 valence electrons. The molecule has 0 aliphatic carbocycles. The van der Waals surface area contributed by atoms with E-state index >= 15 is 0 Å². The third-order valence-electron chi connectivity index (χ3n) is 2.00. The molecule has 1 heterocycles. The molecule has 18 heavy (non-hydrogen) atoms. The molecule has 2 rings (SSSR count). The van der Waals surface area contributed by atoms with Crippen LogP contribution in [0.2, 0.25) is 0 Å². The van der Waals surface area contributed by atoms with Gasteiger partial charge >= 0.3 is 6.18 Å². The minimum absolute atomic E-state index is 0.000347. The lowest BCUT2D eigenvalue weighted by Crippen LogP contribution is -2.14. The molecule has 0 spiro atoms. The lowest BCUT2D eigenvalue weighted by molar-refractivity contribution is -0.137. The van der Waals surface area contributed by atoms with Crippen LogP contribution in [-0.2, 0) is 6.18 Å². The van der Waals surface area contributed by atoms with Gasteiger partial charge in [-0.05, 0) is 23.4 Å². The molecule has 0 bridgehead atoms. The highest BCUT2D eigenvalue weighted by Gasteiger charge is 2.30. The van der Waals surface area contributed by atoms with Gasteiger partial charge in [-0.25, -0.2) is 0 Å². The van der Waals surface area contributed by atoms with E-state index in [1.54, 1.807) is 0 Å². The van der Waals surface area contributed by atoms with Crippen molar-refractivity contribution in [1.29, 1.82) is 0 Å². The summed E-state index contributed by atoms with van der Waals surface area (Å²) in [5, 5.41) is 14.3. The van der Waals surface area contributed by atoms with Gasteiger partial charge in [0, 0.05) is 5.69 Å². The zero-order chi connectivity index (χ0) is 13.2. The number of alkyl halides is 3. The van der Waals surface area contributed by atoms with Crippen molar-refractivity contribution < 1.29 is 18.0 Å². The molecule has 2 aromatic rings. The number of nitrogens with one attached hydrogen (secondary N) is 2. The minimum atomic E-state index is -4.47. The highest BCUT2D eigenvalue weighted by molar-refractivity contribution is 6.01. The number of aromatic nitrogens is 4. The van der Waals surface area contributed by atoms with E-state index < -0.39 is 17.6 Å². The Labute approximate surface area is 98.2 Å². The van der Waals surface area contributed by atoms with Crippen molar-refractivity contribution in [3.63, 3.8) is 0 Å². The number of carbonyl (C=O) groups excluding carboxylic acids is 1. The first-order valence-corrected chi connectivity index (χ1v) is 4.69. The van der Waals surface area contributed by atoms with Crippen molar-refractivity contribution >= 4 is 11.6 Å². The number of hydrogen-bond acceptors (Lipinski definition) is 4. The minimum Gasteiger partial charge on any atom is -0.319 e. The van der Waals surface area contributed by atoms with Crippen LogP contribution in [-0.4, -0.2) is 26.5 Å². The summed E-state index contributed by atoms with van der Waals surface area (Å²) in [4.78, 5) is 11.5. The fourth-order valence-electron chi connectivity index (χ4n) is 1.22. The maximum atomic E-state index is 12.4. The Morgan fingerprint density at radius 2 is 2.11 bits per heavy atom. The molecule has 9 heteroatoms. The lowest BCUT2D eigenvalue weighted by atomic mass is 10.2. The monoisotopic (exact) mass is 257 g/mol. The summed E-state index contributed by atoms with van der Waals surface area (Å²) in [6, 6.07) is 4.24. The molecule has 0 aliphatic rings. The van der Waals surface area contributed by atoms with Gasteiger partial charge in [0.2, 0.25) is 0 Å². The highest BCUT2D eigenvalue weighted by Crippen LogP contribution is 2.30. The van der Waals surface area contributed by atoms with Crippen molar-refractivity contribution in [2.24, 2.45) is 0 Å². The number of nitrogens with zero attached hydrogens (tertiary/aromatic N) is 3. The fourth-order valence-corrected chi connectivity index (χ4v) is 1.22. The van der Waals surface area contributed by atoms with Crippen molar-refractivity contribution in [2.45, 2.75) is 6.18 Å². The number of halogens is 3. The number of rotatable bonds is 2. The van der Waals surface area contributed by atoms with Crippen LogP contribution >= 0.6 is 0 Å². The molecule has 0 saturated heterocycles. The lowest BCUT2D eigenvalue weighted by Gasteiger charge is -2.08. The van der Waals surface area contributed by atoms with Gasteiger partial charge < -0.3 is 5.32 Å². The number of anilines is 1. The van der Waals surface area contributed by atoms with Crippen molar-refractivity contribution in [2.75, 3.05) is 5.32 Å².